The van der Waals surface area contributed by atoms with Crippen LogP contribution in [0.15, 0.2) is 18.2 Å². The van der Waals surface area contributed by atoms with Gasteiger partial charge in [-0.05, 0) is 69.6 Å². The van der Waals surface area contributed by atoms with Crippen molar-refractivity contribution in [2.24, 2.45) is 0 Å². The lowest BCUT2D eigenvalue weighted by atomic mass is 10.00. The minimum atomic E-state index is -0.433. The first-order valence-corrected chi connectivity index (χ1v) is 10.6. The molecule has 1 aliphatic heterocycles. The smallest absolute Gasteiger partial charge is 0.339 e. The van der Waals surface area contributed by atoms with Crippen molar-refractivity contribution in [3.05, 3.63) is 28.8 Å². The van der Waals surface area contributed by atoms with Gasteiger partial charge in [-0.25, -0.2) is 4.79 Å². The van der Waals surface area contributed by atoms with Crippen LogP contribution >= 0.6 is 23.8 Å². The third-order valence-electron chi connectivity index (χ3n) is 4.85. The molecule has 0 aromatic heterocycles. The first-order chi connectivity index (χ1) is 13.0. The van der Waals surface area contributed by atoms with Gasteiger partial charge in [0.05, 0.1) is 17.2 Å². The normalized spacial score (nSPS) is 17.4. The van der Waals surface area contributed by atoms with Gasteiger partial charge in [-0.2, -0.15) is 0 Å². The second-order valence-electron chi connectivity index (χ2n) is 6.74. The van der Waals surface area contributed by atoms with Gasteiger partial charge in [-0.1, -0.05) is 24.9 Å². The maximum absolute atomic E-state index is 11.9. The van der Waals surface area contributed by atoms with Crippen molar-refractivity contribution in [2.75, 3.05) is 31.6 Å². The zero-order valence-corrected chi connectivity index (χ0v) is 17.8. The molecule has 0 radical (unpaired) electrons. The Morgan fingerprint density at radius 3 is 2.93 bits per heavy atom. The molecule has 0 spiro atoms. The summed E-state index contributed by atoms with van der Waals surface area (Å²) in [5.74, 6) is -0.433. The van der Waals surface area contributed by atoms with E-state index in [1.807, 2.05) is 0 Å². The Balaban J connectivity index is 1.77. The molecule has 1 heterocycles. The fourth-order valence-electron chi connectivity index (χ4n) is 3.44. The van der Waals surface area contributed by atoms with Gasteiger partial charge in [0.15, 0.2) is 5.11 Å². The van der Waals surface area contributed by atoms with E-state index < -0.39 is 5.97 Å². The molecule has 0 aliphatic carbocycles. The number of thiocarbonyl (C=S) groups is 1. The number of piperidine rings is 1. The fourth-order valence-corrected chi connectivity index (χ4v) is 3.86. The molecule has 1 aliphatic rings. The van der Waals surface area contributed by atoms with E-state index in [4.69, 9.17) is 28.6 Å². The van der Waals surface area contributed by atoms with Crippen LogP contribution < -0.4 is 10.6 Å². The second-order valence-corrected chi connectivity index (χ2v) is 7.56. The van der Waals surface area contributed by atoms with Crippen LogP contribution in [0, 0.1) is 0 Å². The molecule has 1 saturated heterocycles. The number of anilines is 1. The highest BCUT2D eigenvalue weighted by atomic mass is 35.5. The van der Waals surface area contributed by atoms with Crippen molar-refractivity contribution < 1.29 is 9.53 Å². The standard InChI is InChI=1S/C20H30ClN3O2S/c1-3-16-8-5-6-12-24(16)13-7-11-22-20(27)23-15-9-10-18(21)17(14-15)19(25)26-4-2/h9-10,14,16H,3-8,11-13H2,1-2H3,(H2,22,23,27). The third-order valence-corrected chi connectivity index (χ3v) is 5.42. The minimum Gasteiger partial charge on any atom is -0.462 e. The predicted molar refractivity (Wildman–Crippen MR) is 116 cm³/mol. The van der Waals surface area contributed by atoms with Crippen LogP contribution in [0.1, 0.15) is 56.3 Å². The highest BCUT2D eigenvalue weighted by molar-refractivity contribution is 7.80. The molecule has 0 amide bonds. The number of benzene rings is 1. The first kappa shape index (κ1) is 21.9. The lowest BCUT2D eigenvalue weighted by molar-refractivity contribution is 0.0526. The van der Waals surface area contributed by atoms with Gasteiger partial charge >= 0.3 is 5.97 Å². The summed E-state index contributed by atoms with van der Waals surface area (Å²) < 4.78 is 5.02. The second kappa shape index (κ2) is 11.5. The average molecular weight is 412 g/mol. The largest absolute Gasteiger partial charge is 0.462 e. The minimum absolute atomic E-state index is 0.308. The highest BCUT2D eigenvalue weighted by Crippen LogP contribution is 2.22. The summed E-state index contributed by atoms with van der Waals surface area (Å²) in [7, 11) is 0. The van der Waals surface area contributed by atoms with E-state index in [9.17, 15) is 4.79 Å². The van der Waals surface area contributed by atoms with Gasteiger partial charge in [0.1, 0.15) is 0 Å². The Bertz CT molecular complexity index is 642. The number of carbonyl (C=O) groups excluding carboxylic acids is 1. The Morgan fingerprint density at radius 1 is 1.37 bits per heavy atom. The molecule has 1 aromatic carbocycles. The number of halogens is 1. The number of nitrogens with zero attached hydrogens (tertiary/aromatic N) is 1. The van der Waals surface area contributed by atoms with Crippen LogP contribution in [0.4, 0.5) is 5.69 Å². The van der Waals surface area contributed by atoms with E-state index in [0.29, 0.717) is 28.0 Å². The van der Waals surface area contributed by atoms with Gasteiger partial charge < -0.3 is 20.3 Å². The number of hydrogen-bond donors (Lipinski definition) is 2. The molecule has 150 valence electrons. The topological polar surface area (TPSA) is 53.6 Å². The molecule has 5 nitrogen and oxygen atoms in total. The summed E-state index contributed by atoms with van der Waals surface area (Å²) in [6.07, 6.45) is 6.27. The molecule has 2 rings (SSSR count). The van der Waals surface area contributed by atoms with Gasteiger partial charge in [0.25, 0.3) is 0 Å². The van der Waals surface area contributed by atoms with Crippen LogP contribution in [0.5, 0.6) is 0 Å². The monoisotopic (exact) mass is 411 g/mol. The number of ether oxygens (including phenoxy) is 1. The molecule has 1 fully saturated rings. The molecule has 7 heteroatoms. The van der Waals surface area contributed by atoms with Crippen LogP contribution in [-0.2, 0) is 4.74 Å². The Hall–Kier alpha value is -1.37. The summed E-state index contributed by atoms with van der Waals surface area (Å²) in [4.78, 5) is 14.5. The quantitative estimate of drug-likeness (QED) is 0.374. The lowest BCUT2D eigenvalue weighted by Crippen LogP contribution is -2.40. The first-order valence-electron chi connectivity index (χ1n) is 9.80. The Kier molecular flexibility index (Phi) is 9.31. The number of likely N-dealkylation sites (tertiary alicyclic amines) is 1. The van der Waals surface area contributed by atoms with Gasteiger partial charge in [0.2, 0.25) is 0 Å². The Morgan fingerprint density at radius 2 is 2.19 bits per heavy atom. The van der Waals surface area contributed by atoms with Crippen molar-refractivity contribution in [3.63, 3.8) is 0 Å². The number of hydrogen-bond acceptors (Lipinski definition) is 4. The molecule has 1 aromatic rings. The summed E-state index contributed by atoms with van der Waals surface area (Å²) in [6, 6.07) is 5.85. The molecule has 0 saturated carbocycles. The molecule has 1 unspecified atom stereocenters. The molecular formula is C20H30ClN3O2S. The molecular weight excluding hydrogens is 382 g/mol. The zero-order valence-electron chi connectivity index (χ0n) is 16.2. The van der Waals surface area contributed by atoms with Crippen LogP contribution in [0.2, 0.25) is 5.02 Å². The average Bonchev–Trinajstić information content (AvgIpc) is 2.67. The van der Waals surface area contributed by atoms with Crippen LogP contribution in [0.25, 0.3) is 0 Å². The number of rotatable bonds is 8. The van der Waals surface area contributed by atoms with E-state index >= 15 is 0 Å². The molecule has 1 atom stereocenters. The maximum atomic E-state index is 11.9. The van der Waals surface area contributed by atoms with Gasteiger partial charge in [0, 0.05) is 24.8 Å². The number of nitrogens with one attached hydrogen (secondary N) is 2. The highest BCUT2D eigenvalue weighted by Gasteiger charge is 2.19. The van der Waals surface area contributed by atoms with Crippen molar-refractivity contribution >= 4 is 40.6 Å². The Labute approximate surface area is 172 Å². The van der Waals surface area contributed by atoms with E-state index in [-0.39, 0.29) is 0 Å². The number of esters is 1. The summed E-state index contributed by atoms with van der Waals surface area (Å²) in [6.45, 7) is 7.47. The maximum Gasteiger partial charge on any atom is 0.339 e. The molecule has 2 N–H and O–H groups in total. The molecule has 0 bridgehead atoms. The third kappa shape index (κ3) is 6.94. The van der Waals surface area contributed by atoms with E-state index in [1.165, 1.54) is 32.2 Å². The predicted octanol–water partition coefficient (Wildman–Crippen LogP) is 4.46. The van der Waals surface area contributed by atoms with Gasteiger partial charge in [-0.15, -0.1) is 0 Å². The van der Waals surface area contributed by atoms with Gasteiger partial charge in [-0.3, -0.25) is 0 Å². The van der Waals surface area contributed by atoms with Crippen LogP contribution in [-0.4, -0.2) is 48.3 Å². The van der Waals surface area contributed by atoms with Crippen LogP contribution in [0.3, 0.4) is 0 Å². The summed E-state index contributed by atoms with van der Waals surface area (Å²) in [5, 5.41) is 7.25. The fraction of sp³-hybridized carbons (Fsp3) is 0.600. The zero-order chi connectivity index (χ0) is 19.6. The summed E-state index contributed by atoms with van der Waals surface area (Å²) in [5.41, 5.74) is 1.05. The van der Waals surface area contributed by atoms with Crippen molar-refractivity contribution in [3.8, 4) is 0 Å². The SMILES string of the molecule is CCOC(=O)c1cc(NC(=S)NCCCN2CCCCC2CC)ccc1Cl. The lowest BCUT2D eigenvalue weighted by Gasteiger charge is -2.35. The number of carbonyl (C=O) groups is 1. The molecule has 27 heavy (non-hydrogen) atoms. The van der Waals surface area contributed by atoms with E-state index in [0.717, 1.165) is 25.6 Å². The summed E-state index contributed by atoms with van der Waals surface area (Å²) >= 11 is 11.4. The van der Waals surface area contributed by atoms with Crippen molar-refractivity contribution in [1.82, 2.24) is 10.2 Å². The van der Waals surface area contributed by atoms with Crippen molar-refractivity contribution in [1.29, 1.82) is 0 Å². The van der Waals surface area contributed by atoms with E-state index in [2.05, 4.69) is 22.5 Å². The van der Waals surface area contributed by atoms with E-state index in [1.54, 1.807) is 25.1 Å². The van der Waals surface area contributed by atoms with Crippen molar-refractivity contribution in [2.45, 2.75) is 52.0 Å².